The third-order valence-electron chi connectivity index (χ3n) is 4.73. The quantitative estimate of drug-likeness (QED) is 0.609. The van der Waals surface area contributed by atoms with Gasteiger partial charge in [0.05, 0.1) is 24.2 Å². The van der Waals surface area contributed by atoms with Gasteiger partial charge in [-0.1, -0.05) is 29.8 Å². The van der Waals surface area contributed by atoms with E-state index >= 15 is 0 Å². The van der Waals surface area contributed by atoms with Gasteiger partial charge in [0.1, 0.15) is 0 Å². The molecule has 1 atom stereocenters. The molecule has 2 aromatic carbocycles. The molecule has 1 aliphatic rings. The standard InChI is InChI=1S/C20H22FN3O4/c1-14-2-4-15(5-3-14)18(13-23-8-10-28-11-9-23)22-20(25)16-6-7-17(21)19(12-16)24(26)27/h2-7,12,18H,8-11,13H2,1H3,(H,22,25)/t18-/m1/s1. The Bertz CT molecular complexity index is 851. The molecular formula is C20H22FN3O4. The second-order valence-corrected chi connectivity index (χ2v) is 6.77. The summed E-state index contributed by atoms with van der Waals surface area (Å²) in [6.07, 6.45) is 0. The van der Waals surface area contributed by atoms with Crippen LogP contribution in [-0.4, -0.2) is 48.6 Å². The first kappa shape index (κ1) is 19.9. The molecule has 0 aliphatic carbocycles. The Morgan fingerprint density at radius 2 is 1.93 bits per heavy atom. The molecule has 0 saturated carbocycles. The number of aryl methyl sites for hydroxylation is 1. The van der Waals surface area contributed by atoms with Crippen molar-refractivity contribution in [3.63, 3.8) is 0 Å². The molecule has 0 bridgehead atoms. The van der Waals surface area contributed by atoms with Crippen LogP contribution in [0.4, 0.5) is 10.1 Å². The highest BCUT2D eigenvalue weighted by Gasteiger charge is 2.23. The van der Waals surface area contributed by atoms with Crippen LogP contribution in [0.15, 0.2) is 42.5 Å². The van der Waals surface area contributed by atoms with Crippen molar-refractivity contribution in [2.75, 3.05) is 32.8 Å². The van der Waals surface area contributed by atoms with E-state index in [0.717, 1.165) is 36.3 Å². The van der Waals surface area contributed by atoms with E-state index in [9.17, 15) is 19.3 Å². The van der Waals surface area contributed by atoms with E-state index in [4.69, 9.17) is 4.74 Å². The van der Waals surface area contributed by atoms with Crippen LogP contribution in [0.5, 0.6) is 0 Å². The summed E-state index contributed by atoms with van der Waals surface area (Å²) in [6.45, 7) is 5.37. The van der Waals surface area contributed by atoms with E-state index in [1.165, 1.54) is 6.07 Å². The molecule has 28 heavy (non-hydrogen) atoms. The van der Waals surface area contributed by atoms with Gasteiger partial charge in [0.25, 0.3) is 5.91 Å². The summed E-state index contributed by atoms with van der Waals surface area (Å²) in [4.78, 5) is 25.0. The zero-order chi connectivity index (χ0) is 20.1. The first-order chi connectivity index (χ1) is 13.4. The predicted molar refractivity (Wildman–Crippen MR) is 102 cm³/mol. The van der Waals surface area contributed by atoms with Gasteiger partial charge in [-0.2, -0.15) is 4.39 Å². The fourth-order valence-electron chi connectivity index (χ4n) is 3.11. The molecule has 1 aliphatic heterocycles. The number of halogens is 1. The molecule has 0 spiro atoms. The fraction of sp³-hybridized carbons (Fsp3) is 0.350. The molecule has 0 radical (unpaired) electrons. The largest absolute Gasteiger partial charge is 0.379 e. The molecule has 0 unspecified atom stereocenters. The monoisotopic (exact) mass is 387 g/mol. The number of nitrogens with one attached hydrogen (secondary N) is 1. The molecule has 1 saturated heterocycles. The van der Waals surface area contributed by atoms with E-state index < -0.39 is 22.3 Å². The number of hydrogen-bond donors (Lipinski definition) is 1. The number of nitrogens with zero attached hydrogens (tertiary/aromatic N) is 2. The maximum atomic E-state index is 13.6. The molecule has 8 heteroatoms. The summed E-state index contributed by atoms with van der Waals surface area (Å²) in [6, 6.07) is 10.7. The van der Waals surface area contributed by atoms with Crippen molar-refractivity contribution >= 4 is 11.6 Å². The average Bonchev–Trinajstić information content (AvgIpc) is 2.69. The summed E-state index contributed by atoms with van der Waals surface area (Å²) < 4.78 is 18.9. The van der Waals surface area contributed by atoms with Gasteiger partial charge in [-0.25, -0.2) is 0 Å². The lowest BCUT2D eigenvalue weighted by atomic mass is 10.0. The minimum atomic E-state index is -0.968. The summed E-state index contributed by atoms with van der Waals surface area (Å²) >= 11 is 0. The fourth-order valence-corrected chi connectivity index (χ4v) is 3.11. The Labute approximate surface area is 162 Å². The number of morpholine rings is 1. The Balaban J connectivity index is 1.81. The van der Waals surface area contributed by atoms with Crippen LogP contribution in [0.25, 0.3) is 0 Å². The zero-order valence-electron chi connectivity index (χ0n) is 15.6. The van der Waals surface area contributed by atoms with Gasteiger partial charge in [0.2, 0.25) is 5.82 Å². The number of hydrogen-bond acceptors (Lipinski definition) is 5. The highest BCUT2D eigenvalue weighted by atomic mass is 19.1. The highest BCUT2D eigenvalue weighted by molar-refractivity contribution is 5.95. The van der Waals surface area contributed by atoms with Crippen LogP contribution in [0.2, 0.25) is 0 Å². The third kappa shape index (κ3) is 4.90. The number of rotatable bonds is 6. The number of carbonyl (C=O) groups excluding carboxylic acids is 1. The van der Waals surface area contributed by atoms with Crippen molar-refractivity contribution in [2.24, 2.45) is 0 Å². The molecule has 1 amide bonds. The highest BCUT2D eigenvalue weighted by Crippen LogP contribution is 2.21. The van der Waals surface area contributed by atoms with Gasteiger partial charge < -0.3 is 10.1 Å². The maximum absolute atomic E-state index is 13.6. The molecule has 2 aromatic rings. The van der Waals surface area contributed by atoms with Crippen LogP contribution >= 0.6 is 0 Å². The molecule has 1 fully saturated rings. The average molecular weight is 387 g/mol. The van der Waals surface area contributed by atoms with Gasteiger partial charge in [-0.05, 0) is 24.6 Å². The first-order valence-corrected chi connectivity index (χ1v) is 9.05. The Hall–Kier alpha value is -2.84. The number of amides is 1. The van der Waals surface area contributed by atoms with E-state index in [0.29, 0.717) is 19.8 Å². The molecule has 3 rings (SSSR count). The maximum Gasteiger partial charge on any atom is 0.305 e. The van der Waals surface area contributed by atoms with Crippen LogP contribution in [0, 0.1) is 22.9 Å². The lowest BCUT2D eigenvalue weighted by Crippen LogP contribution is -2.43. The normalized spacial score (nSPS) is 15.8. The minimum Gasteiger partial charge on any atom is -0.379 e. The van der Waals surface area contributed by atoms with Crippen molar-refractivity contribution in [1.29, 1.82) is 0 Å². The van der Waals surface area contributed by atoms with Gasteiger partial charge in [0, 0.05) is 31.3 Å². The molecule has 148 valence electrons. The van der Waals surface area contributed by atoms with Crippen molar-refractivity contribution in [3.8, 4) is 0 Å². The number of carbonyl (C=O) groups is 1. The Kier molecular flexibility index (Phi) is 6.33. The van der Waals surface area contributed by atoms with Crippen molar-refractivity contribution in [3.05, 3.63) is 75.1 Å². The van der Waals surface area contributed by atoms with Crippen molar-refractivity contribution < 1.29 is 18.8 Å². The second-order valence-electron chi connectivity index (χ2n) is 6.77. The molecule has 7 nitrogen and oxygen atoms in total. The van der Waals surface area contributed by atoms with E-state index in [2.05, 4.69) is 10.2 Å². The summed E-state index contributed by atoms with van der Waals surface area (Å²) in [7, 11) is 0. The molecule has 1 N–H and O–H groups in total. The molecular weight excluding hydrogens is 365 g/mol. The van der Waals surface area contributed by atoms with E-state index in [1.807, 2.05) is 31.2 Å². The van der Waals surface area contributed by atoms with Crippen LogP contribution in [-0.2, 0) is 4.74 Å². The SMILES string of the molecule is Cc1ccc([C@@H](CN2CCOCC2)NC(=O)c2ccc(F)c([N+](=O)[O-])c2)cc1. The van der Waals surface area contributed by atoms with Crippen LogP contribution in [0.1, 0.15) is 27.5 Å². The number of nitro benzene ring substituents is 1. The third-order valence-corrected chi connectivity index (χ3v) is 4.73. The topological polar surface area (TPSA) is 84.7 Å². The van der Waals surface area contributed by atoms with E-state index in [-0.39, 0.29) is 11.6 Å². The predicted octanol–water partition coefficient (Wildman–Crippen LogP) is 2.85. The van der Waals surface area contributed by atoms with E-state index in [1.54, 1.807) is 0 Å². The van der Waals surface area contributed by atoms with Gasteiger partial charge in [-0.3, -0.25) is 19.8 Å². The Morgan fingerprint density at radius 3 is 2.57 bits per heavy atom. The van der Waals surface area contributed by atoms with Gasteiger partial charge >= 0.3 is 5.69 Å². The van der Waals surface area contributed by atoms with Crippen molar-refractivity contribution in [2.45, 2.75) is 13.0 Å². The summed E-state index contributed by atoms with van der Waals surface area (Å²) in [5.41, 5.74) is 1.37. The number of ether oxygens (including phenoxy) is 1. The van der Waals surface area contributed by atoms with Crippen LogP contribution in [0.3, 0.4) is 0 Å². The first-order valence-electron chi connectivity index (χ1n) is 9.05. The minimum absolute atomic E-state index is 0.0483. The van der Waals surface area contributed by atoms with Gasteiger partial charge in [0.15, 0.2) is 0 Å². The lowest BCUT2D eigenvalue weighted by molar-refractivity contribution is -0.387. The number of benzene rings is 2. The lowest BCUT2D eigenvalue weighted by Gasteiger charge is -2.31. The Morgan fingerprint density at radius 1 is 1.25 bits per heavy atom. The zero-order valence-corrected chi connectivity index (χ0v) is 15.6. The molecule has 1 heterocycles. The number of nitro groups is 1. The van der Waals surface area contributed by atoms with Crippen LogP contribution < -0.4 is 5.32 Å². The van der Waals surface area contributed by atoms with Crippen molar-refractivity contribution in [1.82, 2.24) is 10.2 Å². The summed E-state index contributed by atoms with van der Waals surface area (Å²) in [5.74, 6) is -1.45. The van der Waals surface area contributed by atoms with Gasteiger partial charge in [-0.15, -0.1) is 0 Å². The smallest absolute Gasteiger partial charge is 0.305 e. The summed E-state index contributed by atoms with van der Waals surface area (Å²) in [5, 5.41) is 13.9. The molecule has 0 aromatic heterocycles. The second kappa shape index (κ2) is 8.90.